The highest BCUT2D eigenvalue weighted by molar-refractivity contribution is 7.89. The van der Waals surface area contributed by atoms with Crippen molar-refractivity contribution < 1.29 is 31.1 Å². The summed E-state index contributed by atoms with van der Waals surface area (Å²) < 4.78 is 67.6. The van der Waals surface area contributed by atoms with Crippen molar-refractivity contribution in [2.24, 2.45) is 5.41 Å². The van der Waals surface area contributed by atoms with Gasteiger partial charge < -0.3 is 10.1 Å². The molecule has 0 radical (unpaired) electrons. The van der Waals surface area contributed by atoms with Crippen LogP contribution in [-0.4, -0.2) is 38.1 Å². The second-order valence-electron chi connectivity index (χ2n) is 7.80. The molecule has 1 aliphatic rings. The minimum Gasteiger partial charge on any atom is -0.406 e. The lowest BCUT2D eigenvalue weighted by atomic mass is 9.80. The molecule has 1 N–H and O–H groups in total. The van der Waals surface area contributed by atoms with Crippen molar-refractivity contribution in [1.29, 1.82) is 0 Å². The zero-order valence-electron chi connectivity index (χ0n) is 17.1. The Balaban J connectivity index is 1.62. The van der Waals surface area contributed by atoms with E-state index >= 15 is 0 Å². The van der Waals surface area contributed by atoms with Gasteiger partial charge in [-0.25, -0.2) is 8.42 Å². The van der Waals surface area contributed by atoms with E-state index in [0.717, 1.165) is 17.7 Å². The van der Waals surface area contributed by atoms with E-state index in [1.165, 1.54) is 16.4 Å². The van der Waals surface area contributed by atoms with E-state index in [9.17, 15) is 26.4 Å². The minimum atomic E-state index is -4.79. The molecule has 0 spiro atoms. The first kappa shape index (κ1) is 23.1. The molecule has 6 nitrogen and oxygen atoms in total. The fraction of sp³-hybridized carbons (Fsp3) is 0.381. The summed E-state index contributed by atoms with van der Waals surface area (Å²) in [5.74, 6) is -0.698. The van der Waals surface area contributed by atoms with Crippen LogP contribution in [0.25, 0.3) is 0 Å². The lowest BCUT2D eigenvalue weighted by Gasteiger charge is -2.37. The van der Waals surface area contributed by atoms with Crippen LogP contribution in [0.2, 0.25) is 0 Å². The Morgan fingerprint density at radius 3 is 2.10 bits per heavy atom. The summed E-state index contributed by atoms with van der Waals surface area (Å²) in [4.78, 5) is 13.0. The van der Waals surface area contributed by atoms with E-state index < -0.39 is 21.8 Å². The number of carbonyl (C=O) groups is 1. The average molecular weight is 456 g/mol. The van der Waals surface area contributed by atoms with Crippen LogP contribution in [0.5, 0.6) is 5.75 Å². The average Bonchev–Trinajstić information content (AvgIpc) is 2.69. The highest BCUT2D eigenvalue weighted by atomic mass is 32.2. The highest BCUT2D eigenvalue weighted by Gasteiger charge is 2.40. The highest BCUT2D eigenvalue weighted by Crippen LogP contribution is 2.35. The zero-order valence-corrected chi connectivity index (χ0v) is 17.9. The third-order valence-corrected chi connectivity index (χ3v) is 7.29. The van der Waals surface area contributed by atoms with Gasteiger partial charge in [0.25, 0.3) is 0 Å². The summed E-state index contributed by atoms with van der Waals surface area (Å²) in [6, 6.07) is 11.5. The summed E-state index contributed by atoms with van der Waals surface area (Å²) in [5, 5.41) is 2.69. The van der Waals surface area contributed by atoms with Crippen molar-refractivity contribution in [3.8, 4) is 5.75 Å². The Hall–Kier alpha value is -2.59. The molecule has 0 saturated carbocycles. The molecule has 0 unspecified atom stereocenters. The first-order valence-corrected chi connectivity index (χ1v) is 11.1. The number of carbonyl (C=O) groups excluding carboxylic acids is 1. The number of alkyl halides is 3. The number of ether oxygens (including phenoxy) is 1. The summed E-state index contributed by atoms with van der Waals surface area (Å²) in [7, 11) is -3.64. The maximum atomic E-state index is 12.8. The molecule has 0 atom stereocenters. The molecule has 10 heteroatoms. The summed E-state index contributed by atoms with van der Waals surface area (Å²) in [6.07, 6.45) is -4.15. The summed E-state index contributed by atoms with van der Waals surface area (Å²) in [5.41, 5.74) is 0.482. The second kappa shape index (κ2) is 8.51. The molecule has 0 bridgehead atoms. The fourth-order valence-corrected chi connectivity index (χ4v) is 4.77. The van der Waals surface area contributed by atoms with Crippen molar-refractivity contribution in [3.63, 3.8) is 0 Å². The van der Waals surface area contributed by atoms with E-state index in [4.69, 9.17) is 0 Å². The van der Waals surface area contributed by atoms with Crippen LogP contribution in [0.15, 0.2) is 53.4 Å². The minimum absolute atomic E-state index is 0.193. The Morgan fingerprint density at radius 2 is 1.58 bits per heavy atom. The predicted molar refractivity (Wildman–Crippen MR) is 109 cm³/mol. The Labute approximate surface area is 179 Å². The van der Waals surface area contributed by atoms with Crippen LogP contribution in [0.1, 0.15) is 25.3 Å². The van der Waals surface area contributed by atoms with E-state index in [1.54, 1.807) is 31.2 Å². The molecule has 1 heterocycles. The van der Waals surface area contributed by atoms with Gasteiger partial charge in [-0.2, -0.15) is 4.31 Å². The van der Waals surface area contributed by atoms with Gasteiger partial charge in [0.1, 0.15) is 5.75 Å². The number of halogens is 3. The number of rotatable bonds is 5. The SMILES string of the molecule is Cc1ccc(S(=O)(=O)N2CCC(C)(C(=O)Nc3ccc(OC(F)(F)F)cc3)CC2)cc1. The Kier molecular flexibility index (Phi) is 6.33. The number of hydrogen-bond acceptors (Lipinski definition) is 4. The summed E-state index contributed by atoms with van der Waals surface area (Å²) >= 11 is 0. The normalized spacial score (nSPS) is 17.2. The van der Waals surface area contributed by atoms with Gasteiger partial charge in [-0.1, -0.05) is 24.6 Å². The smallest absolute Gasteiger partial charge is 0.406 e. The number of aryl methyl sites for hydroxylation is 1. The topological polar surface area (TPSA) is 75.7 Å². The molecule has 2 aromatic rings. The lowest BCUT2D eigenvalue weighted by molar-refractivity contribution is -0.274. The van der Waals surface area contributed by atoms with Crippen LogP contribution < -0.4 is 10.1 Å². The van der Waals surface area contributed by atoms with Gasteiger partial charge in [0.15, 0.2) is 0 Å². The second-order valence-corrected chi connectivity index (χ2v) is 9.74. The molecule has 3 rings (SSSR count). The maximum absolute atomic E-state index is 12.8. The number of amides is 1. The number of nitrogens with one attached hydrogen (secondary N) is 1. The molecular formula is C21H23F3N2O4S. The van der Waals surface area contributed by atoms with Crippen molar-refractivity contribution in [3.05, 3.63) is 54.1 Å². The third kappa shape index (κ3) is 5.56. The van der Waals surface area contributed by atoms with Crippen LogP contribution in [-0.2, 0) is 14.8 Å². The van der Waals surface area contributed by atoms with Gasteiger partial charge in [0.2, 0.25) is 15.9 Å². The number of piperidine rings is 1. The van der Waals surface area contributed by atoms with Crippen LogP contribution in [0.4, 0.5) is 18.9 Å². The van der Waals surface area contributed by atoms with Gasteiger partial charge in [0, 0.05) is 24.2 Å². The Morgan fingerprint density at radius 1 is 1.03 bits per heavy atom. The quantitative estimate of drug-likeness (QED) is 0.727. The number of hydrogen-bond donors (Lipinski definition) is 1. The van der Waals surface area contributed by atoms with Crippen molar-refractivity contribution in [1.82, 2.24) is 4.31 Å². The number of nitrogens with zero attached hydrogens (tertiary/aromatic N) is 1. The number of anilines is 1. The molecule has 31 heavy (non-hydrogen) atoms. The maximum Gasteiger partial charge on any atom is 0.573 e. The van der Waals surface area contributed by atoms with Crippen LogP contribution in [0.3, 0.4) is 0 Å². The van der Waals surface area contributed by atoms with Gasteiger partial charge >= 0.3 is 6.36 Å². The molecule has 0 aromatic heterocycles. The number of benzene rings is 2. The first-order chi connectivity index (χ1) is 14.4. The van der Waals surface area contributed by atoms with E-state index in [-0.39, 0.29) is 29.6 Å². The van der Waals surface area contributed by atoms with Gasteiger partial charge in [-0.3, -0.25) is 4.79 Å². The van der Waals surface area contributed by atoms with E-state index in [0.29, 0.717) is 18.5 Å². The van der Waals surface area contributed by atoms with E-state index in [2.05, 4.69) is 10.1 Å². The van der Waals surface area contributed by atoms with Gasteiger partial charge in [-0.15, -0.1) is 13.2 Å². The zero-order chi connectivity index (χ0) is 22.9. The van der Waals surface area contributed by atoms with Crippen LogP contribution in [0, 0.1) is 12.3 Å². The fourth-order valence-electron chi connectivity index (χ4n) is 3.33. The largest absolute Gasteiger partial charge is 0.573 e. The predicted octanol–water partition coefficient (Wildman–Crippen LogP) is 4.32. The molecule has 2 aromatic carbocycles. The summed E-state index contributed by atoms with van der Waals surface area (Å²) in [6.45, 7) is 4.01. The standard InChI is InChI=1S/C21H23F3N2O4S/c1-15-3-9-18(10-4-15)31(28,29)26-13-11-20(2,12-14-26)19(27)25-16-5-7-17(8-6-16)30-21(22,23)24/h3-10H,11-14H2,1-2H3,(H,25,27). The first-order valence-electron chi connectivity index (χ1n) is 9.63. The van der Waals surface area contributed by atoms with Crippen LogP contribution >= 0.6 is 0 Å². The van der Waals surface area contributed by atoms with Gasteiger partial charge in [0.05, 0.1) is 4.90 Å². The molecule has 0 aliphatic carbocycles. The van der Waals surface area contributed by atoms with Gasteiger partial charge in [-0.05, 0) is 56.2 Å². The molecule has 1 saturated heterocycles. The molecule has 1 amide bonds. The molecule has 1 aliphatic heterocycles. The monoisotopic (exact) mass is 456 g/mol. The van der Waals surface area contributed by atoms with Crippen molar-refractivity contribution in [2.75, 3.05) is 18.4 Å². The lowest BCUT2D eigenvalue weighted by Crippen LogP contribution is -2.46. The van der Waals surface area contributed by atoms with E-state index in [1.807, 2.05) is 6.92 Å². The van der Waals surface area contributed by atoms with Crippen molar-refractivity contribution in [2.45, 2.75) is 37.9 Å². The molecule has 1 fully saturated rings. The Bertz CT molecular complexity index is 1030. The van der Waals surface area contributed by atoms with Crippen molar-refractivity contribution >= 4 is 21.6 Å². The molecule has 168 valence electrons. The third-order valence-electron chi connectivity index (χ3n) is 5.38. The number of sulfonamides is 1. The molecular weight excluding hydrogens is 433 g/mol.